The van der Waals surface area contributed by atoms with Gasteiger partial charge in [0.25, 0.3) is 5.91 Å². The van der Waals surface area contributed by atoms with Gasteiger partial charge in [0.2, 0.25) is 10.0 Å². The zero-order valence-electron chi connectivity index (χ0n) is 16.0. The van der Waals surface area contributed by atoms with Crippen LogP contribution in [0.3, 0.4) is 0 Å². The van der Waals surface area contributed by atoms with Crippen LogP contribution in [0.2, 0.25) is 5.02 Å². The van der Waals surface area contributed by atoms with Crippen LogP contribution in [-0.4, -0.2) is 56.0 Å². The monoisotopic (exact) mass is 421 g/mol. The Bertz CT molecular complexity index is 953. The van der Waals surface area contributed by atoms with Crippen molar-refractivity contribution in [2.75, 3.05) is 37.8 Å². The van der Waals surface area contributed by atoms with Gasteiger partial charge in [-0.3, -0.25) is 9.69 Å². The highest BCUT2D eigenvalue weighted by Crippen LogP contribution is 2.20. The molecule has 1 fully saturated rings. The van der Waals surface area contributed by atoms with E-state index in [2.05, 4.69) is 10.2 Å². The van der Waals surface area contributed by atoms with Crippen molar-refractivity contribution in [3.63, 3.8) is 0 Å². The second-order valence-corrected chi connectivity index (χ2v) is 9.44. The van der Waals surface area contributed by atoms with E-state index in [1.807, 2.05) is 31.2 Å². The maximum atomic E-state index is 12.4. The molecule has 0 aromatic heterocycles. The summed E-state index contributed by atoms with van der Waals surface area (Å²) in [4.78, 5) is 14.6. The highest BCUT2D eigenvalue weighted by Gasteiger charge is 2.23. The van der Waals surface area contributed by atoms with Gasteiger partial charge in [0.1, 0.15) is 0 Å². The van der Waals surface area contributed by atoms with Gasteiger partial charge in [-0.2, -0.15) is 4.31 Å². The topological polar surface area (TPSA) is 69.7 Å². The van der Waals surface area contributed by atoms with E-state index in [1.54, 1.807) is 18.2 Å². The number of nitrogens with zero attached hydrogens (tertiary/aromatic N) is 2. The molecule has 28 heavy (non-hydrogen) atoms. The minimum atomic E-state index is -3.11. The fourth-order valence-electron chi connectivity index (χ4n) is 3.11. The molecule has 1 aliphatic rings. The maximum absolute atomic E-state index is 12.4. The van der Waals surface area contributed by atoms with Crippen molar-refractivity contribution < 1.29 is 13.2 Å². The number of carbonyl (C=O) groups is 1. The summed E-state index contributed by atoms with van der Waals surface area (Å²) >= 11 is 6.10. The number of halogens is 1. The Hall–Kier alpha value is -1.93. The molecule has 1 N–H and O–H groups in total. The van der Waals surface area contributed by atoms with Crippen LogP contribution >= 0.6 is 11.6 Å². The van der Waals surface area contributed by atoms with Crippen LogP contribution in [0.25, 0.3) is 0 Å². The Morgan fingerprint density at radius 2 is 1.71 bits per heavy atom. The average Bonchev–Trinajstić information content (AvgIpc) is 2.65. The molecule has 150 valence electrons. The van der Waals surface area contributed by atoms with Crippen molar-refractivity contribution in [1.82, 2.24) is 9.21 Å². The molecular weight excluding hydrogens is 398 g/mol. The quantitative estimate of drug-likeness (QED) is 0.805. The first kappa shape index (κ1) is 20.8. The van der Waals surface area contributed by atoms with E-state index in [0.29, 0.717) is 42.5 Å². The molecule has 0 atom stereocenters. The van der Waals surface area contributed by atoms with Gasteiger partial charge < -0.3 is 5.32 Å². The van der Waals surface area contributed by atoms with Crippen molar-refractivity contribution in [3.05, 3.63) is 64.2 Å². The number of rotatable bonds is 5. The van der Waals surface area contributed by atoms with E-state index in [9.17, 15) is 13.2 Å². The lowest BCUT2D eigenvalue weighted by molar-refractivity contribution is 0.102. The number of piperazine rings is 1. The minimum absolute atomic E-state index is 0.187. The molecule has 1 aliphatic heterocycles. The molecule has 0 bridgehead atoms. The summed E-state index contributed by atoms with van der Waals surface area (Å²) in [6.45, 7) is 5.06. The van der Waals surface area contributed by atoms with Gasteiger partial charge in [-0.1, -0.05) is 29.8 Å². The van der Waals surface area contributed by atoms with Gasteiger partial charge in [-0.15, -0.1) is 0 Å². The summed E-state index contributed by atoms with van der Waals surface area (Å²) < 4.78 is 24.7. The lowest BCUT2D eigenvalue weighted by atomic mass is 10.1. The van der Waals surface area contributed by atoms with E-state index in [1.165, 1.54) is 10.6 Å². The Kier molecular flexibility index (Phi) is 6.40. The second kappa shape index (κ2) is 8.61. The Balaban J connectivity index is 1.56. The van der Waals surface area contributed by atoms with Crippen LogP contribution in [0.4, 0.5) is 5.69 Å². The number of carbonyl (C=O) groups excluding carboxylic acids is 1. The molecule has 0 saturated carbocycles. The summed E-state index contributed by atoms with van der Waals surface area (Å²) in [6, 6.07) is 12.9. The molecule has 0 spiro atoms. The number of nitrogens with one attached hydrogen (secondary N) is 1. The van der Waals surface area contributed by atoms with Crippen molar-refractivity contribution >= 4 is 33.2 Å². The summed E-state index contributed by atoms with van der Waals surface area (Å²) in [5, 5.41) is 3.46. The first-order valence-corrected chi connectivity index (χ1v) is 11.3. The van der Waals surface area contributed by atoms with Gasteiger partial charge in [0, 0.05) is 49.0 Å². The van der Waals surface area contributed by atoms with E-state index < -0.39 is 10.0 Å². The Labute approximate surface area is 171 Å². The summed E-state index contributed by atoms with van der Waals surface area (Å²) in [7, 11) is -3.11. The third-order valence-electron chi connectivity index (χ3n) is 4.85. The average molecular weight is 422 g/mol. The van der Waals surface area contributed by atoms with E-state index >= 15 is 0 Å². The molecule has 2 aromatic carbocycles. The number of aryl methyl sites for hydroxylation is 1. The number of hydrogen-bond acceptors (Lipinski definition) is 4. The van der Waals surface area contributed by atoms with E-state index in [4.69, 9.17) is 11.6 Å². The first-order valence-electron chi connectivity index (χ1n) is 9.06. The van der Waals surface area contributed by atoms with Crippen LogP contribution < -0.4 is 5.32 Å². The molecule has 3 rings (SSSR count). The van der Waals surface area contributed by atoms with Gasteiger partial charge >= 0.3 is 0 Å². The fraction of sp³-hybridized carbons (Fsp3) is 0.350. The SMILES string of the molecule is Cc1ccc(NC(=O)c2ccc(CN3CCN(S(C)(=O)=O)CC3)cc2)cc1Cl. The Morgan fingerprint density at radius 1 is 1.07 bits per heavy atom. The zero-order valence-corrected chi connectivity index (χ0v) is 17.6. The molecule has 6 nitrogen and oxygen atoms in total. The lowest BCUT2D eigenvalue weighted by Gasteiger charge is -2.33. The molecular formula is C20H24ClN3O3S. The molecule has 1 amide bonds. The number of benzene rings is 2. The van der Waals surface area contributed by atoms with Crippen molar-refractivity contribution in [2.45, 2.75) is 13.5 Å². The van der Waals surface area contributed by atoms with Crippen LogP contribution in [0.5, 0.6) is 0 Å². The molecule has 1 heterocycles. The fourth-order valence-corrected chi connectivity index (χ4v) is 4.12. The van der Waals surface area contributed by atoms with Crippen molar-refractivity contribution in [1.29, 1.82) is 0 Å². The Morgan fingerprint density at radius 3 is 2.29 bits per heavy atom. The number of anilines is 1. The molecule has 8 heteroatoms. The maximum Gasteiger partial charge on any atom is 0.255 e. The van der Waals surface area contributed by atoms with E-state index in [0.717, 1.165) is 17.7 Å². The minimum Gasteiger partial charge on any atom is -0.322 e. The predicted octanol–water partition coefficient (Wildman–Crippen LogP) is 2.98. The smallest absolute Gasteiger partial charge is 0.255 e. The molecule has 1 saturated heterocycles. The third-order valence-corrected chi connectivity index (χ3v) is 6.56. The highest BCUT2D eigenvalue weighted by atomic mass is 35.5. The van der Waals surface area contributed by atoms with Crippen LogP contribution in [0.15, 0.2) is 42.5 Å². The van der Waals surface area contributed by atoms with Crippen LogP contribution in [0, 0.1) is 6.92 Å². The second-order valence-electron chi connectivity index (χ2n) is 7.05. The molecule has 2 aromatic rings. The van der Waals surface area contributed by atoms with Gasteiger partial charge in [0.15, 0.2) is 0 Å². The highest BCUT2D eigenvalue weighted by molar-refractivity contribution is 7.88. The van der Waals surface area contributed by atoms with Gasteiger partial charge in [-0.25, -0.2) is 8.42 Å². The molecule has 0 aliphatic carbocycles. The first-order chi connectivity index (χ1) is 13.2. The van der Waals surface area contributed by atoms with Crippen LogP contribution in [0.1, 0.15) is 21.5 Å². The zero-order chi connectivity index (χ0) is 20.3. The standard InChI is InChI=1S/C20H24ClN3O3S/c1-15-3-8-18(13-19(15)21)22-20(25)17-6-4-16(5-7-17)14-23-9-11-24(12-10-23)28(2,26)27/h3-8,13H,9-12,14H2,1-2H3,(H,22,25). The predicted molar refractivity (Wildman–Crippen MR) is 112 cm³/mol. The van der Waals surface area contributed by atoms with Crippen LogP contribution in [-0.2, 0) is 16.6 Å². The van der Waals surface area contributed by atoms with Gasteiger partial charge in [0.05, 0.1) is 6.26 Å². The van der Waals surface area contributed by atoms with Gasteiger partial charge in [-0.05, 0) is 42.3 Å². The van der Waals surface area contributed by atoms with Crippen molar-refractivity contribution in [2.24, 2.45) is 0 Å². The normalized spacial score (nSPS) is 16.1. The van der Waals surface area contributed by atoms with Crippen molar-refractivity contribution in [3.8, 4) is 0 Å². The molecule has 0 radical (unpaired) electrons. The summed E-state index contributed by atoms with van der Waals surface area (Å²) in [6.07, 6.45) is 1.25. The lowest BCUT2D eigenvalue weighted by Crippen LogP contribution is -2.47. The number of hydrogen-bond donors (Lipinski definition) is 1. The third kappa shape index (κ3) is 5.32. The van der Waals surface area contributed by atoms with E-state index in [-0.39, 0.29) is 5.91 Å². The molecule has 0 unspecified atom stereocenters. The number of sulfonamides is 1. The largest absolute Gasteiger partial charge is 0.322 e. The summed E-state index contributed by atoms with van der Waals surface area (Å²) in [5.41, 5.74) is 3.28. The summed E-state index contributed by atoms with van der Waals surface area (Å²) in [5.74, 6) is -0.187. The number of amides is 1.